The summed E-state index contributed by atoms with van der Waals surface area (Å²) >= 11 is 0. The van der Waals surface area contributed by atoms with Gasteiger partial charge < -0.3 is 0 Å². The van der Waals surface area contributed by atoms with Crippen LogP contribution in [-0.2, 0) is 6.42 Å². The van der Waals surface area contributed by atoms with Crippen LogP contribution in [0.2, 0.25) is 0 Å². The third kappa shape index (κ3) is 3.93. The van der Waals surface area contributed by atoms with Crippen LogP contribution < -0.4 is 0 Å². The molecule has 1 aromatic heterocycles. The quantitative estimate of drug-likeness (QED) is 0.732. The second kappa shape index (κ2) is 6.64. The number of nitrogens with zero attached hydrogens (tertiary/aromatic N) is 2. The van der Waals surface area contributed by atoms with Gasteiger partial charge in [0.2, 0.25) is 0 Å². The fraction of sp³-hybridized carbons (Fsp3) is 0.643. The summed E-state index contributed by atoms with van der Waals surface area (Å²) in [4.78, 5) is 6.92. The van der Waals surface area contributed by atoms with Crippen molar-refractivity contribution in [3.05, 3.63) is 30.1 Å². The van der Waals surface area contributed by atoms with Crippen LogP contribution in [0.4, 0.5) is 0 Å². The van der Waals surface area contributed by atoms with Crippen LogP contribution >= 0.6 is 0 Å². The Morgan fingerprint density at radius 2 is 2.00 bits per heavy atom. The van der Waals surface area contributed by atoms with E-state index in [1.807, 2.05) is 12.3 Å². The summed E-state index contributed by atoms with van der Waals surface area (Å²) in [5.74, 6) is 0. The van der Waals surface area contributed by atoms with E-state index >= 15 is 0 Å². The zero-order valence-corrected chi connectivity index (χ0v) is 11.0. The molecule has 90 valence electrons. The summed E-state index contributed by atoms with van der Waals surface area (Å²) in [5, 5.41) is 0. The molecule has 0 bridgehead atoms. The molecule has 1 aromatic rings. The third-order valence-electron chi connectivity index (χ3n) is 3.17. The fourth-order valence-corrected chi connectivity index (χ4v) is 2.01. The van der Waals surface area contributed by atoms with E-state index in [0.29, 0.717) is 12.1 Å². The van der Waals surface area contributed by atoms with Crippen LogP contribution in [0.5, 0.6) is 0 Å². The van der Waals surface area contributed by atoms with Gasteiger partial charge in [-0.1, -0.05) is 13.0 Å². The first-order valence-corrected chi connectivity index (χ1v) is 6.30. The van der Waals surface area contributed by atoms with E-state index in [9.17, 15) is 0 Å². The van der Waals surface area contributed by atoms with Crippen LogP contribution in [0.1, 0.15) is 39.8 Å². The summed E-state index contributed by atoms with van der Waals surface area (Å²) in [5.41, 5.74) is 1.19. The van der Waals surface area contributed by atoms with Gasteiger partial charge in [-0.25, -0.2) is 0 Å². The monoisotopic (exact) mass is 220 g/mol. The lowest BCUT2D eigenvalue weighted by atomic mass is 10.1. The third-order valence-corrected chi connectivity index (χ3v) is 3.17. The molecule has 0 saturated carbocycles. The first kappa shape index (κ1) is 13.2. The molecule has 0 aliphatic rings. The summed E-state index contributed by atoms with van der Waals surface area (Å²) < 4.78 is 0. The van der Waals surface area contributed by atoms with E-state index in [4.69, 9.17) is 0 Å². The number of pyridine rings is 1. The molecule has 0 saturated heterocycles. The summed E-state index contributed by atoms with van der Waals surface area (Å²) in [6, 6.07) is 7.40. The molecule has 0 radical (unpaired) electrons. The molecule has 0 amide bonds. The Labute approximate surface area is 99.7 Å². The first-order chi connectivity index (χ1) is 7.65. The molecule has 2 nitrogen and oxygen atoms in total. The highest BCUT2D eigenvalue weighted by molar-refractivity contribution is 5.03. The van der Waals surface area contributed by atoms with Gasteiger partial charge in [0, 0.05) is 36.9 Å². The van der Waals surface area contributed by atoms with Crippen molar-refractivity contribution in [2.75, 3.05) is 6.54 Å². The Bertz CT molecular complexity index is 282. The van der Waals surface area contributed by atoms with Crippen LogP contribution in [0, 0.1) is 0 Å². The summed E-state index contributed by atoms with van der Waals surface area (Å²) in [6.45, 7) is 10.2. The first-order valence-electron chi connectivity index (χ1n) is 6.30. The number of hydrogen-bond acceptors (Lipinski definition) is 2. The molecule has 1 unspecified atom stereocenters. The molecule has 0 aromatic carbocycles. The Morgan fingerprint density at radius 1 is 1.25 bits per heavy atom. The SMILES string of the molecule is CCC(C)N(CCc1ccccn1)C(C)C. The lowest BCUT2D eigenvalue weighted by molar-refractivity contribution is 0.161. The molecule has 2 heteroatoms. The maximum atomic E-state index is 4.37. The standard InChI is InChI=1S/C14H24N2/c1-5-13(4)16(12(2)3)11-9-14-8-6-7-10-15-14/h6-8,10,12-13H,5,9,11H2,1-4H3. The Morgan fingerprint density at radius 3 is 2.50 bits per heavy atom. The average Bonchev–Trinajstić information content (AvgIpc) is 2.30. The Balaban J connectivity index is 2.50. The largest absolute Gasteiger partial charge is 0.298 e. The van der Waals surface area contributed by atoms with Gasteiger partial charge in [0.1, 0.15) is 0 Å². The lowest BCUT2D eigenvalue weighted by Gasteiger charge is -2.32. The van der Waals surface area contributed by atoms with Crippen molar-refractivity contribution < 1.29 is 0 Å². The predicted octanol–water partition coefficient (Wildman–Crippen LogP) is 3.13. The molecule has 0 spiro atoms. The summed E-state index contributed by atoms with van der Waals surface area (Å²) in [6.07, 6.45) is 4.13. The highest BCUT2D eigenvalue weighted by Crippen LogP contribution is 2.09. The number of aromatic nitrogens is 1. The van der Waals surface area contributed by atoms with Crippen molar-refractivity contribution in [2.24, 2.45) is 0 Å². The van der Waals surface area contributed by atoms with Gasteiger partial charge in [-0.2, -0.15) is 0 Å². The maximum Gasteiger partial charge on any atom is 0.0416 e. The minimum absolute atomic E-state index is 0.610. The van der Waals surface area contributed by atoms with Gasteiger partial charge in [0.05, 0.1) is 0 Å². The molecular weight excluding hydrogens is 196 g/mol. The van der Waals surface area contributed by atoms with E-state index in [0.717, 1.165) is 13.0 Å². The average molecular weight is 220 g/mol. The van der Waals surface area contributed by atoms with Gasteiger partial charge in [-0.05, 0) is 39.3 Å². The highest BCUT2D eigenvalue weighted by atomic mass is 15.2. The zero-order chi connectivity index (χ0) is 12.0. The molecule has 0 aliphatic carbocycles. The van der Waals surface area contributed by atoms with Gasteiger partial charge in [0.15, 0.2) is 0 Å². The fourth-order valence-electron chi connectivity index (χ4n) is 2.01. The number of rotatable bonds is 6. The van der Waals surface area contributed by atoms with Gasteiger partial charge >= 0.3 is 0 Å². The van der Waals surface area contributed by atoms with E-state index in [-0.39, 0.29) is 0 Å². The van der Waals surface area contributed by atoms with Crippen LogP contribution in [0.3, 0.4) is 0 Å². The van der Waals surface area contributed by atoms with Crippen molar-refractivity contribution in [1.29, 1.82) is 0 Å². The van der Waals surface area contributed by atoms with E-state index < -0.39 is 0 Å². The van der Waals surface area contributed by atoms with Crippen LogP contribution in [0.15, 0.2) is 24.4 Å². The maximum absolute atomic E-state index is 4.37. The van der Waals surface area contributed by atoms with Crippen molar-refractivity contribution in [3.63, 3.8) is 0 Å². The minimum atomic E-state index is 0.610. The molecule has 0 fully saturated rings. The van der Waals surface area contributed by atoms with Crippen molar-refractivity contribution in [2.45, 2.75) is 52.6 Å². The van der Waals surface area contributed by atoms with E-state index in [1.54, 1.807) is 0 Å². The summed E-state index contributed by atoms with van der Waals surface area (Å²) in [7, 11) is 0. The van der Waals surface area contributed by atoms with Crippen LogP contribution in [-0.4, -0.2) is 28.5 Å². The topological polar surface area (TPSA) is 16.1 Å². The Kier molecular flexibility index (Phi) is 5.47. The molecular formula is C14H24N2. The van der Waals surface area contributed by atoms with E-state index in [1.165, 1.54) is 12.1 Å². The Hall–Kier alpha value is -0.890. The molecule has 0 aliphatic heterocycles. The lowest BCUT2D eigenvalue weighted by Crippen LogP contribution is -2.39. The molecule has 1 atom stereocenters. The van der Waals surface area contributed by atoms with Crippen LogP contribution in [0.25, 0.3) is 0 Å². The molecule has 16 heavy (non-hydrogen) atoms. The second-order valence-electron chi connectivity index (χ2n) is 4.66. The molecule has 0 N–H and O–H groups in total. The molecule has 1 heterocycles. The van der Waals surface area contributed by atoms with Gasteiger partial charge in [-0.3, -0.25) is 9.88 Å². The molecule has 1 rings (SSSR count). The smallest absolute Gasteiger partial charge is 0.0416 e. The normalized spacial score (nSPS) is 13.4. The van der Waals surface area contributed by atoms with Crippen molar-refractivity contribution in [3.8, 4) is 0 Å². The zero-order valence-electron chi connectivity index (χ0n) is 11.0. The minimum Gasteiger partial charge on any atom is -0.298 e. The highest BCUT2D eigenvalue weighted by Gasteiger charge is 2.15. The predicted molar refractivity (Wildman–Crippen MR) is 69.5 cm³/mol. The van der Waals surface area contributed by atoms with Gasteiger partial charge in [0.25, 0.3) is 0 Å². The van der Waals surface area contributed by atoms with Gasteiger partial charge in [-0.15, -0.1) is 0 Å². The van der Waals surface area contributed by atoms with E-state index in [2.05, 4.69) is 49.7 Å². The van der Waals surface area contributed by atoms with Crippen molar-refractivity contribution >= 4 is 0 Å². The number of hydrogen-bond donors (Lipinski definition) is 0. The second-order valence-corrected chi connectivity index (χ2v) is 4.66. The van der Waals surface area contributed by atoms with Crippen molar-refractivity contribution in [1.82, 2.24) is 9.88 Å².